The van der Waals surface area contributed by atoms with Gasteiger partial charge in [-0.25, -0.2) is 0 Å². The first-order valence-corrected chi connectivity index (χ1v) is 5.88. The van der Waals surface area contributed by atoms with Crippen molar-refractivity contribution in [2.75, 3.05) is 17.2 Å². The highest BCUT2D eigenvalue weighted by Gasteiger charge is 2.17. The first-order valence-electron chi connectivity index (χ1n) is 5.12. The zero-order valence-corrected chi connectivity index (χ0v) is 11.2. The molecule has 0 radical (unpaired) electrons. The van der Waals surface area contributed by atoms with Gasteiger partial charge in [-0.05, 0) is 26.0 Å². The van der Waals surface area contributed by atoms with E-state index in [2.05, 4.69) is 0 Å². The first kappa shape index (κ1) is 13.9. The molecule has 1 rings (SSSR count). The number of halogens is 2. The maximum Gasteiger partial charge on any atom is 0.236 e. The van der Waals surface area contributed by atoms with Crippen LogP contribution in [0.4, 0.5) is 11.4 Å². The number of primary amides is 1. The second kappa shape index (κ2) is 5.47. The van der Waals surface area contributed by atoms with Gasteiger partial charge in [0.1, 0.15) is 0 Å². The molecule has 4 nitrogen and oxygen atoms in total. The third-order valence-electron chi connectivity index (χ3n) is 2.33. The fourth-order valence-electron chi connectivity index (χ4n) is 1.51. The normalized spacial score (nSPS) is 10.6. The summed E-state index contributed by atoms with van der Waals surface area (Å²) in [7, 11) is 0. The summed E-state index contributed by atoms with van der Waals surface area (Å²) in [5.74, 6) is -0.427. The molecule has 94 valence electrons. The Kier molecular flexibility index (Phi) is 4.48. The summed E-state index contributed by atoms with van der Waals surface area (Å²) < 4.78 is 0. The molecule has 17 heavy (non-hydrogen) atoms. The minimum atomic E-state index is -0.427. The number of nitrogens with zero attached hydrogens (tertiary/aromatic N) is 1. The topological polar surface area (TPSA) is 72.3 Å². The van der Waals surface area contributed by atoms with Gasteiger partial charge in [0.2, 0.25) is 5.91 Å². The number of amides is 1. The zero-order chi connectivity index (χ0) is 13.2. The molecule has 0 aliphatic carbocycles. The van der Waals surface area contributed by atoms with Gasteiger partial charge >= 0.3 is 0 Å². The van der Waals surface area contributed by atoms with E-state index >= 15 is 0 Å². The van der Waals surface area contributed by atoms with E-state index in [9.17, 15) is 4.79 Å². The largest absolute Gasteiger partial charge is 0.397 e. The van der Waals surface area contributed by atoms with Crippen molar-refractivity contribution in [2.24, 2.45) is 5.73 Å². The van der Waals surface area contributed by atoms with Crippen LogP contribution in [0.25, 0.3) is 0 Å². The number of rotatable bonds is 4. The van der Waals surface area contributed by atoms with Gasteiger partial charge in [0.15, 0.2) is 0 Å². The lowest BCUT2D eigenvalue weighted by Gasteiger charge is -2.29. The van der Waals surface area contributed by atoms with Crippen LogP contribution >= 0.6 is 23.2 Å². The standard InChI is InChI=1S/C11H15Cl2N3O/c1-6(2)16(5-11(15)17)10-4-8(13)7(12)3-9(10)14/h3-4,6H,5,14H2,1-2H3,(H2,15,17). The fraction of sp³-hybridized carbons (Fsp3) is 0.364. The van der Waals surface area contributed by atoms with Crippen LogP contribution in [-0.4, -0.2) is 18.5 Å². The summed E-state index contributed by atoms with van der Waals surface area (Å²) in [6, 6.07) is 3.28. The van der Waals surface area contributed by atoms with Crippen LogP contribution in [0, 0.1) is 0 Å². The van der Waals surface area contributed by atoms with Gasteiger partial charge in [0.25, 0.3) is 0 Å². The predicted molar refractivity (Wildman–Crippen MR) is 72.6 cm³/mol. The average Bonchev–Trinajstić information content (AvgIpc) is 2.20. The third-order valence-corrected chi connectivity index (χ3v) is 3.05. The van der Waals surface area contributed by atoms with Gasteiger partial charge in [-0.15, -0.1) is 0 Å². The Morgan fingerprint density at radius 3 is 2.35 bits per heavy atom. The Morgan fingerprint density at radius 1 is 1.35 bits per heavy atom. The molecular weight excluding hydrogens is 261 g/mol. The maximum absolute atomic E-state index is 11.0. The van der Waals surface area contributed by atoms with Crippen LogP contribution in [0.3, 0.4) is 0 Å². The number of benzene rings is 1. The van der Waals surface area contributed by atoms with Crippen LogP contribution < -0.4 is 16.4 Å². The number of carbonyl (C=O) groups excluding carboxylic acids is 1. The molecule has 0 aromatic heterocycles. The quantitative estimate of drug-likeness (QED) is 0.828. The Labute approximate surface area is 110 Å². The van der Waals surface area contributed by atoms with E-state index in [1.54, 1.807) is 17.0 Å². The molecule has 0 bridgehead atoms. The molecule has 0 unspecified atom stereocenters. The van der Waals surface area contributed by atoms with Gasteiger partial charge in [0, 0.05) is 6.04 Å². The van der Waals surface area contributed by atoms with Crippen molar-refractivity contribution < 1.29 is 4.79 Å². The zero-order valence-electron chi connectivity index (χ0n) is 9.71. The molecule has 6 heteroatoms. The summed E-state index contributed by atoms with van der Waals surface area (Å²) in [5.41, 5.74) is 12.2. The predicted octanol–water partition coefficient (Wildman–Crippen LogP) is 2.28. The fourth-order valence-corrected chi connectivity index (χ4v) is 1.84. The van der Waals surface area contributed by atoms with Gasteiger partial charge < -0.3 is 16.4 Å². The van der Waals surface area contributed by atoms with E-state index in [1.165, 1.54) is 0 Å². The van der Waals surface area contributed by atoms with E-state index in [1.807, 2.05) is 13.8 Å². The van der Waals surface area contributed by atoms with Crippen molar-refractivity contribution in [1.29, 1.82) is 0 Å². The molecule has 0 fully saturated rings. The molecule has 0 saturated heterocycles. The van der Waals surface area contributed by atoms with Crippen molar-refractivity contribution in [3.05, 3.63) is 22.2 Å². The van der Waals surface area contributed by atoms with Crippen LogP contribution in [0.5, 0.6) is 0 Å². The molecule has 0 saturated carbocycles. The Balaban J connectivity index is 3.18. The second-order valence-corrected chi connectivity index (χ2v) is 4.83. The SMILES string of the molecule is CC(C)N(CC(N)=O)c1cc(Cl)c(Cl)cc1N. The van der Waals surface area contributed by atoms with Crippen LogP contribution in [-0.2, 0) is 4.79 Å². The van der Waals surface area contributed by atoms with E-state index in [-0.39, 0.29) is 12.6 Å². The lowest BCUT2D eigenvalue weighted by atomic mass is 10.2. The number of nitrogens with two attached hydrogens (primary N) is 2. The molecule has 4 N–H and O–H groups in total. The lowest BCUT2D eigenvalue weighted by Crippen LogP contribution is -2.39. The molecule has 0 atom stereocenters. The monoisotopic (exact) mass is 275 g/mol. The number of hydrogen-bond donors (Lipinski definition) is 2. The smallest absolute Gasteiger partial charge is 0.236 e. The third kappa shape index (κ3) is 3.41. The highest BCUT2D eigenvalue weighted by Crippen LogP contribution is 2.33. The lowest BCUT2D eigenvalue weighted by molar-refractivity contribution is -0.116. The molecule has 1 amide bonds. The van der Waals surface area contributed by atoms with Crippen molar-refractivity contribution >= 4 is 40.5 Å². The molecule has 0 aliphatic heterocycles. The minimum absolute atomic E-state index is 0.0713. The number of nitrogen functional groups attached to an aromatic ring is 1. The summed E-state index contributed by atoms with van der Waals surface area (Å²) in [5, 5.41) is 0.779. The average molecular weight is 276 g/mol. The van der Waals surface area contributed by atoms with Gasteiger partial charge in [-0.2, -0.15) is 0 Å². The van der Waals surface area contributed by atoms with Gasteiger partial charge in [-0.1, -0.05) is 23.2 Å². The molecule has 1 aromatic carbocycles. The number of anilines is 2. The molecular formula is C11H15Cl2N3O. The van der Waals surface area contributed by atoms with E-state index in [0.29, 0.717) is 21.4 Å². The second-order valence-electron chi connectivity index (χ2n) is 4.01. The van der Waals surface area contributed by atoms with Crippen LogP contribution in [0.2, 0.25) is 10.0 Å². The minimum Gasteiger partial charge on any atom is -0.397 e. The summed E-state index contributed by atoms with van der Waals surface area (Å²) in [4.78, 5) is 12.8. The first-order chi connectivity index (χ1) is 7.82. The van der Waals surface area contributed by atoms with Crippen LogP contribution in [0.1, 0.15) is 13.8 Å². The highest BCUT2D eigenvalue weighted by molar-refractivity contribution is 6.42. The van der Waals surface area contributed by atoms with Crippen molar-refractivity contribution in [3.8, 4) is 0 Å². The number of carbonyl (C=O) groups is 1. The summed E-state index contributed by atoms with van der Waals surface area (Å²) >= 11 is 11.8. The Bertz CT molecular complexity index is 435. The van der Waals surface area contributed by atoms with Crippen molar-refractivity contribution in [3.63, 3.8) is 0 Å². The Hall–Kier alpha value is -1.13. The molecule has 0 spiro atoms. The van der Waals surface area contributed by atoms with E-state index in [4.69, 9.17) is 34.7 Å². The Morgan fingerprint density at radius 2 is 1.88 bits per heavy atom. The van der Waals surface area contributed by atoms with Crippen molar-refractivity contribution in [2.45, 2.75) is 19.9 Å². The van der Waals surface area contributed by atoms with E-state index in [0.717, 1.165) is 0 Å². The summed E-state index contributed by atoms with van der Waals surface area (Å²) in [6.45, 7) is 3.95. The molecule has 0 heterocycles. The van der Waals surface area contributed by atoms with Crippen molar-refractivity contribution in [1.82, 2.24) is 0 Å². The number of hydrogen-bond acceptors (Lipinski definition) is 3. The van der Waals surface area contributed by atoms with Gasteiger partial charge in [-0.3, -0.25) is 4.79 Å². The molecule has 1 aromatic rings. The summed E-state index contributed by atoms with van der Waals surface area (Å²) in [6.07, 6.45) is 0. The van der Waals surface area contributed by atoms with Gasteiger partial charge in [0.05, 0.1) is 28.0 Å². The van der Waals surface area contributed by atoms with E-state index < -0.39 is 5.91 Å². The highest BCUT2D eigenvalue weighted by atomic mass is 35.5. The maximum atomic E-state index is 11.0. The van der Waals surface area contributed by atoms with Crippen LogP contribution in [0.15, 0.2) is 12.1 Å². The molecule has 0 aliphatic rings.